The summed E-state index contributed by atoms with van der Waals surface area (Å²) in [6, 6.07) is 45.9. The standard InChI is InChI=1S/C19H21NO4.C15H18F3NO5.C15H21NO5.C15H21NO3.3C14H19NO4/c1-13(2)18(19(22)23)20-17(21)12-14-7-6-10-16(11-14)24-15-8-4-3-5-9-15;1-8(2)13(14(21)22)19-12(20)7-9-6-10(24-15(16,17)18)4-5-11(9)23-3;1-9(2)14(15(18)19)16-13(17)8-10-5-6-11(20-3)12(7-10)21-4;1-9(2)14(15(18)19)16-13(17)8-12-6-5-10(3)11(4)7-12;1-9(2)13(14(17)18)15-12(16)8-10-4-6-11(19-3)7-5-10;1-9(2)13(14(17)18)15-12(16)8-10-5-4-6-11(7-10)19-3;1-9(2)13(14(17)18)15-12(16)8-10-6-4-5-7-11(10)19-3/h3-11,13,18H,12H2,1-2H3,(H,20,21)(H,22,23);4-6,8,13H,7H2,1-3H3,(H,19,20)(H,21,22);5-7,9,14H,8H2,1-4H3,(H,16,17)(H,18,19);5-7,9,14H,8H2,1-4H3,(H,16,17)(H,18,19);3*4-7,9,13H,8H2,1-3H3,(H,15,16)(H,17,18)/t18-;13-;2*14-;3*13-/m0000000/s1. The molecule has 7 amide bonds. The highest BCUT2D eigenvalue weighted by atomic mass is 19.4. The number of rotatable bonds is 44. The van der Waals surface area contributed by atoms with Gasteiger partial charge < -0.3 is 111 Å². The van der Waals surface area contributed by atoms with Crippen LogP contribution in [0.2, 0.25) is 0 Å². The van der Waals surface area contributed by atoms with Crippen molar-refractivity contribution in [3.05, 3.63) is 232 Å². The molecule has 39 heteroatoms. The van der Waals surface area contributed by atoms with E-state index in [9.17, 15) is 80.3 Å². The molecule has 36 nitrogen and oxygen atoms in total. The van der Waals surface area contributed by atoms with Gasteiger partial charge in [0.2, 0.25) is 41.4 Å². The molecule has 8 aromatic carbocycles. The fourth-order valence-corrected chi connectivity index (χ4v) is 13.2. The summed E-state index contributed by atoms with van der Waals surface area (Å²) in [6.07, 6.45) is -4.44. The summed E-state index contributed by atoms with van der Waals surface area (Å²) < 4.78 is 76.9. The minimum Gasteiger partial charge on any atom is -0.497 e. The Hall–Kier alpha value is -15.5. The molecule has 0 saturated carbocycles. The van der Waals surface area contributed by atoms with E-state index in [-0.39, 0.29) is 133 Å². The highest BCUT2D eigenvalue weighted by Gasteiger charge is 2.34. The Kier molecular flexibility index (Phi) is 55.6. The van der Waals surface area contributed by atoms with E-state index >= 15 is 0 Å². The zero-order valence-corrected chi connectivity index (χ0v) is 85.6. The summed E-state index contributed by atoms with van der Waals surface area (Å²) in [6.45, 7) is 28.3. The number of nitrogens with one attached hydrogen (secondary N) is 7. The second kappa shape index (κ2) is 64.1. The highest BCUT2D eigenvalue weighted by molar-refractivity contribution is 5.90. The van der Waals surface area contributed by atoms with Crippen LogP contribution < -0.4 is 75.1 Å². The highest BCUT2D eigenvalue weighted by Crippen LogP contribution is 2.31. The Bertz CT molecular complexity index is 5520. The van der Waals surface area contributed by atoms with Gasteiger partial charge in [-0.3, -0.25) is 33.6 Å². The minimum atomic E-state index is -4.86. The second-order valence-corrected chi connectivity index (χ2v) is 35.3. The summed E-state index contributed by atoms with van der Waals surface area (Å²) >= 11 is 0. The number of para-hydroxylation sites is 2. The van der Waals surface area contributed by atoms with Gasteiger partial charge in [-0.05, 0) is 179 Å². The topological polar surface area (TPSA) is 539 Å². The molecule has 792 valence electrons. The van der Waals surface area contributed by atoms with Gasteiger partial charge >= 0.3 is 48.1 Å². The van der Waals surface area contributed by atoms with E-state index in [0.29, 0.717) is 34.5 Å². The molecule has 0 aliphatic heterocycles. The van der Waals surface area contributed by atoms with Gasteiger partial charge in [-0.2, -0.15) is 0 Å². The minimum absolute atomic E-state index is 0.0802. The maximum atomic E-state index is 12.3. The lowest BCUT2D eigenvalue weighted by molar-refractivity contribution is -0.274. The number of carbonyl (C=O) groups excluding carboxylic acids is 7. The third kappa shape index (κ3) is 48.7. The average Bonchev–Trinajstić information content (AvgIpc) is 0.835. The largest absolute Gasteiger partial charge is 0.573 e. The summed E-state index contributed by atoms with van der Waals surface area (Å²) in [7, 11) is 9.01. The van der Waals surface area contributed by atoms with Crippen molar-refractivity contribution in [1.29, 1.82) is 0 Å². The van der Waals surface area contributed by atoms with Crippen molar-refractivity contribution in [3.8, 4) is 51.7 Å². The van der Waals surface area contributed by atoms with Gasteiger partial charge in [-0.25, -0.2) is 33.6 Å². The smallest absolute Gasteiger partial charge is 0.497 e. The number of carboxylic acids is 7. The van der Waals surface area contributed by atoms with Crippen LogP contribution >= 0.6 is 0 Å². The van der Waals surface area contributed by atoms with Gasteiger partial charge in [-0.15, -0.1) is 13.2 Å². The fraction of sp³-hybridized carbons (Fsp3) is 0.415. The van der Waals surface area contributed by atoms with Crippen LogP contribution in [-0.2, 0) is 112 Å². The summed E-state index contributed by atoms with van der Waals surface area (Å²) in [5.41, 5.74) is 7.15. The maximum Gasteiger partial charge on any atom is 0.573 e. The molecule has 0 bridgehead atoms. The van der Waals surface area contributed by atoms with Gasteiger partial charge in [0.1, 0.15) is 82.5 Å². The van der Waals surface area contributed by atoms with Crippen LogP contribution in [0.1, 0.15) is 147 Å². The van der Waals surface area contributed by atoms with Crippen LogP contribution in [0.15, 0.2) is 182 Å². The van der Waals surface area contributed by atoms with Crippen LogP contribution in [0.25, 0.3) is 0 Å². The molecule has 8 aromatic rings. The van der Waals surface area contributed by atoms with Crippen molar-refractivity contribution in [2.75, 3.05) is 42.7 Å². The molecule has 0 heterocycles. The molecule has 0 radical (unpaired) electrons. The van der Waals surface area contributed by atoms with Gasteiger partial charge in [0.05, 0.1) is 87.6 Å². The first-order chi connectivity index (χ1) is 68.0. The van der Waals surface area contributed by atoms with Crippen molar-refractivity contribution in [2.24, 2.45) is 41.4 Å². The van der Waals surface area contributed by atoms with E-state index in [1.807, 2.05) is 86.6 Å². The number of aryl methyl sites for hydroxylation is 2. The van der Waals surface area contributed by atoms with Gasteiger partial charge in [0, 0.05) is 11.1 Å². The molecule has 0 unspecified atom stereocenters. The number of hydrogen-bond acceptors (Lipinski definition) is 22. The van der Waals surface area contributed by atoms with Crippen LogP contribution in [0.3, 0.4) is 0 Å². The Morgan fingerprint density at radius 1 is 0.248 bits per heavy atom. The van der Waals surface area contributed by atoms with E-state index in [4.69, 9.17) is 68.9 Å². The molecule has 8 rings (SSSR count). The van der Waals surface area contributed by atoms with Crippen molar-refractivity contribution in [2.45, 2.75) is 204 Å². The van der Waals surface area contributed by atoms with Crippen LogP contribution in [0.5, 0.6) is 51.7 Å². The number of carbonyl (C=O) groups is 14. The molecular weight excluding hydrogens is 1890 g/mol. The predicted molar refractivity (Wildman–Crippen MR) is 534 cm³/mol. The zero-order chi connectivity index (χ0) is 110. The van der Waals surface area contributed by atoms with Gasteiger partial charge in [-0.1, -0.05) is 194 Å². The number of halogens is 3. The molecule has 0 aromatic heterocycles. The monoisotopic (exact) mass is 2030 g/mol. The number of aliphatic carboxylic acids is 7. The molecule has 7 atom stereocenters. The number of hydrogen-bond donors (Lipinski definition) is 14. The molecule has 0 spiro atoms. The lowest BCUT2D eigenvalue weighted by atomic mass is 10.0. The van der Waals surface area contributed by atoms with E-state index < -0.39 is 102 Å². The number of methoxy groups -OCH3 is 6. The third-order valence-electron chi connectivity index (χ3n) is 21.1. The van der Waals surface area contributed by atoms with Gasteiger partial charge in [0.25, 0.3) is 0 Å². The first-order valence-corrected chi connectivity index (χ1v) is 46.1. The zero-order valence-electron chi connectivity index (χ0n) is 85.6. The molecular formula is C106H138F3N7O29. The molecule has 14 N–H and O–H groups in total. The van der Waals surface area contributed by atoms with E-state index in [2.05, 4.69) is 42.0 Å². The normalized spacial score (nSPS) is 12.1. The van der Waals surface area contributed by atoms with Crippen molar-refractivity contribution >= 4 is 83.1 Å². The average molecular weight is 2030 g/mol. The number of amides is 7. The Labute approximate surface area is 842 Å². The molecule has 0 aliphatic rings. The number of ether oxygens (including phenoxy) is 8. The van der Waals surface area contributed by atoms with Crippen molar-refractivity contribution in [1.82, 2.24) is 37.2 Å². The molecule has 145 heavy (non-hydrogen) atoms. The fourth-order valence-electron chi connectivity index (χ4n) is 13.2. The second-order valence-electron chi connectivity index (χ2n) is 35.3. The number of alkyl halides is 3. The summed E-state index contributed by atoms with van der Waals surface area (Å²) in [5, 5.41) is 80.8. The van der Waals surface area contributed by atoms with E-state index in [0.717, 1.165) is 56.8 Å². The lowest BCUT2D eigenvalue weighted by Gasteiger charge is -2.18. The molecule has 0 saturated heterocycles. The maximum absolute atomic E-state index is 12.3. The quantitative estimate of drug-likeness (QED) is 0.0169. The Morgan fingerprint density at radius 2 is 0.531 bits per heavy atom. The van der Waals surface area contributed by atoms with Crippen molar-refractivity contribution < 1.29 is 154 Å². The molecule has 0 fully saturated rings. The van der Waals surface area contributed by atoms with Crippen LogP contribution in [-0.4, -0.2) is 210 Å². The molecule has 0 aliphatic carbocycles. The summed E-state index contributed by atoms with van der Waals surface area (Å²) in [4.78, 5) is 161. The van der Waals surface area contributed by atoms with Crippen molar-refractivity contribution in [3.63, 3.8) is 0 Å². The van der Waals surface area contributed by atoms with Crippen LogP contribution in [0, 0.1) is 55.3 Å². The van der Waals surface area contributed by atoms with Crippen LogP contribution in [0.4, 0.5) is 13.2 Å². The Balaban J connectivity index is 0.000000573. The number of benzene rings is 8. The first kappa shape index (κ1) is 126. The number of carboxylic acid groups (broad SMARTS) is 7. The Morgan fingerprint density at radius 3 is 0.876 bits per heavy atom. The van der Waals surface area contributed by atoms with E-state index in [1.165, 1.54) is 40.1 Å². The first-order valence-electron chi connectivity index (χ1n) is 46.1. The summed E-state index contributed by atoms with van der Waals surface area (Å²) in [5.74, 6) is -7.03. The third-order valence-corrected chi connectivity index (χ3v) is 21.1. The SMILES string of the molecule is CC(C)[C@H](NC(=O)Cc1cccc(Oc2ccccc2)c1)C(=O)O.COc1ccc(CC(=O)N[C@H](C(=O)O)C(C)C)cc1.COc1ccc(CC(=O)N[C@H](C(=O)O)C(C)C)cc1OC.COc1ccc(OC(F)(F)F)cc1CC(=O)N[C@H](C(=O)O)C(C)C.COc1cccc(CC(=O)N[C@H](C(=O)O)C(C)C)c1.COc1ccccc1CC(=O)N[C@H](C(=O)O)C(C)C.Cc1ccc(CC(=O)N[C@H](C(=O)O)C(C)C)cc1C. The predicted octanol–water partition coefficient (Wildman–Crippen LogP) is 13.5. The lowest BCUT2D eigenvalue weighted by Crippen LogP contribution is -2.44. The van der Waals surface area contributed by atoms with E-state index in [1.54, 1.807) is 202 Å². The van der Waals surface area contributed by atoms with Gasteiger partial charge in [0.15, 0.2) is 11.5 Å².